The molecule has 0 radical (unpaired) electrons. The minimum atomic E-state index is -3.82. The lowest BCUT2D eigenvalue weighted by Gasteiger charge is -2.05. The Balaban J connectivity index is 2.04. The van der Waals surface area contributed by atoms with Crippen LogP contribution in [-0.2, 0) is 9.84 Å². The van der Waals surface area contributed by atoms with Crippen LogP contribution in [0.3, 0.4) is 0 Å². The second kappa shape index (κ2) is 7.45. The third-order valence-electron chi connectivity index (χ3n) is 3.52. The maximum absolute atomic E-state index is 13.0. The van der Waals surface area contributed by atoms with Gasteiger partial charge in [-0.1, -0.05) is 29.3 Å². The Morgan fingerprint density at radius 1 is 1.20 bits per heavy atom. The summed E-state index contributed by atoms with van der Waals surface area (Å²) >= 11 is 3.30. The predicted molar refractivity (Wildman–Crippen MR) is 97.2 cm³/mol. The molecule has 1 aromatic carbocycles. The van der Waals surface area contributed by atoms with E-state index in [9.17, 15) is 8.42 Å². The van der Waals surface area contributed by atoms with Crippen molar-refractivity contribution in [3.05, 3.63) is 47.1 Å². The standard InChI is InChI=1S/C17H17BrN2O4S/c1-2-3-10-19-16-17(20-15(24-16)14-5-4-11-23-14)25(21,22)13-8-6-12(18)7-9-13/h4-9,11,19H,2-3,10H2,1H3. The molecule has 0 atom stereocenters. The first-order valence-corrected chi connectivity index (χ1v) is 10.1. The van der Waals surface area contributed by atoms with Crippen LogP contribution in [0.15, 0.2) is 65.9 Å². The fraction of sp³-hybridized carbons (Fsp3) is 0.235. The summed E-state index contributed by atoms with van der Waals surface area (Å²) in [5, 5.41) is 2.88. The molecule has 1 N–H and O–H groups in total. The van der Waals surface area contributed by atoms with E-state index in [1.54, 1.807) is 24.3 Å². The van der Waals surface area contributed by atoms with Gasteiger partial charge in [0.05, 0.1) is 11.2 Å². The molecule has 0 unspecified atom stereocenters. The smallest absolute Gasteiger partial charge is 0.266 e. The molecule has 132 valence electrons. The van der Waals surface area contributed by atoms with E-state index in [0.29, 0.717) is 12.3 Å². The van der Waals surface area contributed by atoms with Crippen molar-refractivity contribution in [2.75, 3.05) is 11.9 Å². The van der Waals surface area contributed by atoms with Crippen molar-refractivity contribution in [3.8, 4) is 11.7 Å². The summed E-state index contributed by atoms with van der Waals surface area (Å²) in [5.41, 5.74) is 0. The average Bonchev–Trinajstić information content (AvgIpc) is 3.25. The molecule has 0 aliphatic heterocycles. The number of nitrogens with one attached hydrogen (secondary N) is 1. The first-order valence-electron chi connectivity index (χ1n) is 7.81. The Morgan fingerprint density at radius 2 is 1.96 bits per heavy atom. The molecule has 25 heavy (non-hydrogen) atoms. The van der Waals surface area contributed by atoms with E-state index in [1.165, 1.54) is 18.4 Å². The molecule has 2 heterocycles. The largest absolute Gasteiger partial charge is 0.459 e. The van der Waals surface area contributed by atoms with Crippen molar-refractivity contribution in [2.24, 2.45) is 0 Å². The van der Waals surface area contributed by atoms with Gasteiger partial charge in [-0.2, -0.15) is 4.98 Å². The van der Waals surface area contributed by atoms with Gasteiger partial charge in [-0.3, -0.25) is 0 Å². The summed E-state index contributed by atoms with van der Waals surface area (Å²) < 4.78 is 37.6. The zero-order valence-corrected chi connectivity index (χ0v) is 15.9. The van der Waals surface area contributed by atoms with Gasteiger partial charge in [0.25, 0.3) is 5.89 Å². The van der Waals surface area contributed by atoms with Gasteiger partial charge in [-0.25, -0.2) is 8.42 Å². The number of hydrogen-bond acceptors (Lipinski definition) is 6. The van der Waals surface area contributed by atoms with Crippen molar-refractivity contribution >= 4 is 31.7 Å². The van der Waals surface area contributed by atoms with Gasteiger partial charge in [0.1, 0.15) is 0 Å². The second-order valence-corrected chi connectivity index (χ2v) is 8.15. The number of halogens is 1. The number of rotatable bonds is 7. The Kier molecular flexibility index (Phi) is 5.29. The summed E-state index contributed by atoms with van der Waals surface area (Å²) in [6, 6.07) is 9.74. The molecule has 0 aliphatic rings. The lowest BCUT2D eigenvalue weighted by atomic mass is 10.3. The van der Waals surface area contributed by atoms with Crippen molar-refractivity contribution in [3.63, 3.8) is 0 Å². The fourth-order valence-corrected chi connectivity index (χ4v) is 3.75. The molecule has 0 amide bonds. The summed E-state index contributed by atoms with van der Waals surface area (Å²) in [4.78, 5) is 4.33. The molecule has 0 spiro atoms. The third kappa shape index (κ3) is 3.80. The highest BCUT2D eigenvalue weighted by molar-refractivity contribution is 9.10. The number of aromatic nitrogens is 1. The van der Waals surface area contributed by atoms with Crippen molar-refractivity contribution in [1.29, 1.82) is 0 Å². The maximum Gasteiger partial charge on any atom is 0.266 e. The Morgan fingerprint density at radius 3 is 2.60 bits per heavy atom. The van der Waals surface area contributed by atoms with Crippen molar-refractivity contribution in [2.45, 2.75) is 29.7 Å². The van der Waals surface area contributed by atoms with Gasteiger partial charge in [0.2, 0.25) is 20.7 Å². The number of sulfone groups is 1. The molecular weight excluding hydrogens is 408 g/mol. The van der Waals surface area contributed by atoms with Crippen LogP contribution in [-0.4, -0.2) is 19.9 Å². The zero-order valence-electron chi connectivity index (χ0n) is 13.5. The highest BCUT2D eigenvalue weighted by atomic mass is 79.9. The molecule has 6 nitrogen and oxygen atoms in total. The van der Waals surface area contributed by atoms with Crippen LogP contribution in [0.4, 0.5) is 5.88 Å². The summed E-state index contributed by atoms with van der Waals surface area (Å²) in [5.74, 6) is 0.623. The number of anilines is 1. The van der Waals surface area contributed by atoms with Crippen LogP contribution >= 0.6 is 15.9 Å². The Hall–Kier alpha value is -2.06. The Labute approximate surface area is 154 Å². The number of nitrogens with zero attached hydrogens (tertiary/aromatic N) is 1. The van der Waals surface area contributed by atoms with E-state index in [-0.39, 0.29) is 21.7 Å². The SMILES string of the molecule is CCCCNc1oc(-c2ccco2)nc1S(=O)(=O)c1ccc(Br)cc1. The molecule has 0 saturated carbocycles. The van der Waals surface area contributed by atoms with Crippen LogP contribution in [0.2, 0.25) is 0 Å². The van der Waals surface area contributed by atoms with Gasteiger partial charge in [-0.15, -0.1) is 0 Å². The predicted octanol–water partition coefficient (Wildman–Crippen LogP) is 4.74. The van der Waals surface area contributed by atoms with Crippen LogP contribution in [0.25, 0.3) is 11.7 Å². The second-order valence-electron chi connectivity index (χ2n) is 5.37. The highest BCUT2D eigenvalue weighted by Crippen LogP contribution is 2.32. The number of furan rings is 1. The van der Waals surface area contributed by atoms with Crippen LogP contribution in [0, 0.1) is 0 Å². The third-order valence-corrected chi connectivity index (χ3v) is 5.73. The highest BCUT2D eigenvalue weighted by Gasteiger charge is 2.29. The molecule has 0 bridgehead atoms. The Bertz CT molecular complexity index is 932. The first-order chi connectivity index (χ1) is 12.0. The molecule has 0 saturated heterocycles. The van der Waals surface area contributed by atoms with Gasteiger partial charge >= 0.3 is 0 Å². The molecule has 0 fully saturated rings. The van der Waals surface area contributed by atoms with Gasteiger partial charge in [0.15, 0.2) is 5.76 Å². The quantitative estimate of drug-likeness (QED) is 0.551. The van der Waals surface area contributed by atoms with E-state index in [1.807, 2.05) is 0 Å². The van der Waals surface area contributed by atoms with Crippen LogP contribution < -0.4 is 5.32 Å². The fourth-order valence-electron chi connectivity index (χ4n) is 2.21. The molecule has 8 heteroatoms. The van der Waals surface area contributed by atoms with Crippen LogP contribution in [0.1, 0.15) is 19.8 Å². The first kappa shape index (κ1) is 17.8. The van der Waals surface area contributed by atoms with E-state index in [4.69, 9.17) is 8.83 Å². The van der Waals surface area contributed by atoms with E-state index in [0.717, 1.165) is 17.3 Å². The maximum atomic E-state index is 13.0. The topological polar surface area (TPSA) is 85.3 Å². The molecule has 3 rings (SSSR count). The van der Waals surface area contributed by atoms with Gasteiger partial charge < -0.3 is 14.2 Å². The van der Waals surface area contributed by atoms with Crippen molar-refractivity contribution < 1.29 is 17.3 Å². The zero-order chi connectivity index (χ0) is 17.9. The van der Waals surface area contributed by atoms with Crippen LogP contribution in [0.5, 0.6) is 0 Å². The molecule has 3 aromatic rings. The lowest BCUT2D eigenvalue weighted by Crippen LogP contribution is -2.08. The van der Waals surface area contributed by atoms with Crippen molar-refractivity contribution in [1.82, 2.24) is 4.98 Å². The molecule has 0 aliphatic carbocycles. The molecular formula is C17H17BrN2O4S. The van der Waals surface area contributed by atoms with Gasteiger partial charge in [0, 0.05) is 11.0 Å². The number of oxazole rings is 1. The number of benzene rings is 1. The minimum absolute atomic E-state index is 0.125. The minimum Gasteiger partial charge on any atom is -0.459 e. The normalized spacial score (nSPS) is 11.6. The number of unbranched alkanes of at least 4 members (excludes halogenated alkanes) is 1. The van der Waals surface area contributed by atoms with Gasteiger partial charge in [-0.05, 0) is 42.8 Å². The van der Waals surface area contributed by atoms with E-state index >= 15 is 0 Å². The summed E-state index contributed by atoms with van der Waals surface area (Å²) in [6.45, 7) is 2.64. The van der Waals surface area contributed by atoms with E-state index < -0.39 is 9.84 Å². The summed E-state index contributed by atoms with van der Waals surface area (Å²) in [7, 11) is -3.82. The monoisotopic (exact) mass is 424 g/mol. The average molecular weight is 425 g/mol. The van der Waals surface area contributed by atoms with E-state index in [2.05, 4.69) is 33.2 Å². The number of hydrogen-bond donors (Lipinski definition) is 1. The lowest BCUT2D eigenvalue weighted by molar-refractivity contribution is 0.522. The molecule has 2 aromatic heterocycles. The summed E-state index contributed by atoms with van der Waals surface area (Å²) in [6.07, 6.45) is 3.34.